The van der Waals surface area contributed by atoms with E-state index in [4.69, 9.17) is 14.2 Å². The molecule has 2 heterocycles. The number of ether oxygens (including phenoxy) is 3. The van der Waals surface area contributed by atoms with Gasteiger partial charge in [-0.1, -0.05) is 30.3 Å². The Kier molecular flexibility index (Phi) is 6.48. The van der Waals surface area contributed by atoms with Crippen LogP contribution in [-0.2, 0) is 9.53 Å². The number of carbonyl (C=O) groups is 1. The van der Waals surface area contributed by atoms with Crippen molar-refractivity contribution >= 4 is 5.91 Å². The summed E-state index contributed by atoms with van der Waals surface area (Å²) in [6.45, 7) is 4.74. The number of nitrogens with zero attached hydrogens (tertiary/aromatic N) is 1. The van der Waals surface area contributed by atoms with Crippen LogP contribution < -0.4 is 14.8 Å². The zero-order valence-electron chi connectivity index (χ0n) is 17.7. The fraction of sp³-hybridized carbons (Fsp3) is 0.280. The minimum absolute atomic E-state index is 0.0616. The highest BCUT2D eigenvalue weighted by atomic mass is 16.6. The Hall–Kier alpha value is -3.38. The van der Waals surface area contributed by atoms with E-state index in [1.165, 1.54) is 11.1 Å². The molecule has 2 atom stereocenters. The molecule has 1 N–H and O–H groups in total. The van der Waals surface area contributed by atoms with Crippen LogP contribution in [0.3, 0.4) is 0 Å². The average molecular weight is 418 g/mol. The smallest absolute Gasteiger partial charge is 0.246 e. The number of carbonyl (C=O) groups excluding carboxylic acids is 1. The van der Waals surface area contributed by atoms with Gasteiger partial charge in [0.05, 0.1) is 12.6 Å². The summed E-state index contributed by atoms with van der Waals surface area (Å²) >= 11 is 0. The number of benzene rings is 2. The molecule has 1 amide bonds. The first-order chi connectivity index (χ1) is 15.1. The first kappa shape index (κ1) is 20.9. The van der Waals surface area contributed by atoms with Gasteiger partial charge in [-0.15, -0.1) is 0 Å². The molecule has 0 radical (unpaired) electrons. The van der Waals surface area contributed by atoms with Gasteiger partial charge in [-0.3, -0.25) is 9.78 Å². The van der Waals surface area contributed by atoms with E-state index in [2.05, 4.69) is 36.3 Å². The highest BCUT2D eigenvalue weighted by Gasteiger charge is 2.22. The van der Waals surface area contributed by atoms with Gasteiger partial charge in [-0.2, -0.15) is 0 Å². The molecule has 0 fully saturated rings. The van der Waals surface area contributed by atoms with E-state index < -0.39 is 0 Å². The van der Waals surface area contributed by atoms with E-state index in [0.29, 0.717) is 12.4 Å². The zero-order valence-corrected chi connectivity index (χ0v) is 17.7. The van der Waals surface area contributed by atoms with Gasteiger partial charge in [-0.05, 0) is 60.4 Å². The summed E-state index contributed by atoms with van der Waals surface area (Å²) in [5.74, 6) is 1.22. The van der Waals surface area contributed by atoms with Crippen molar-refractivity contribution in [2.45, 2.75) is 26.0 Å². The Morgan fingerprint density at radius 3 is 2.61 bits per heavy atom. The maximum Gasteiger partial charge on any atom is 0.246 e. The Morgan fingerprint density at radius 1 is 1.06 bits per heavy atom. The van der Waals surface area contributed by atoms with Crippen LogP contribution in [0, 0.1) is 13.8 Å². The minimum atomic E-state index is -0.278. The van der Waals surface area contributed by atoms with Crippen molar-refractivity contribution in [1.82, 2.24) is 10.3 Å². The largest absolute Gasteiger partial charge is 0.486 e. The van der Waals surface area contributed by atoms with Crippen molar-refractivity contribution in [2.75, 3.05) is 19.8 Å². The van der Waals surface area contributed by atoms with Crippen molar-refractivity contribution in [3.05, 3.63) is 89.2 Å². The van der Waals surface area contributed by atoms with Crippen LogP contribution in [-0.4, -0.2) is 36.8 Å². The van der Waals surface area contributed by atoms with Crippen LogP contribution in [0.25, 0.3) is 0 Å². The first-order valence-corrected chi connectivity index (χ1v) is 10.3. The number of hydrogen-bond donors (Lipinski definition) is 1. The van der Waals surface area contributed by atoms with Gasteiger partial charge in [-0.25, -0.2) is 0 Å². The number of nitrogens with one attached hydrogen (secondary N) is 1. The third-order valence-electron chi connectivity index (χ3n) is 5.31. The second-order valence-corrected chi connectivity index (χ2v) is 7.64. The van der Waals surface area contributed by atoms with Crippen molar-refractivity contribution in [3.63, 3.8) is 0 Å². The summed E-state index contributed by atoms with van der Waals surface area (Å²) in [4.78, 5) is 16.8. The van der Waals surface area contributed by atoms with Gasteiger partial charge < -0.3 is 19.5 Å². The van der Waals surface area contributed by atoms with E-state index in [1.54, 1.807) is 12.4 Å². The van der Waals surface area contributed by atoms with Gasteiger partial charge in [0.2, 0.25) is 5.91 Å². The van der Waals surface area contributed by atoms with Gasteiger partial charge in [0.1, 0.15) is 13.2 Å². The van der Waals surface area contributed by atoms with E-state index >= 15 is 0 Å². The van der Waals surface area contributed by atoms with Crippen molar-refractivity contribution in [1.29, 1.82) is 0 Å². The lowest BCUT2D eigenvalue weighted by Gasteiger charge is -2.26. The third kappa shape index (κ3) is 5.22. The Bertz CT molecular complexity index is 1040. The maximum absolute atomic E-state index is 12.7. The van der Waals surface area contributed by atoms with Crippen LogP contribution in [0.4, 0.5) is 0 Å². The second-order valence-electron chi connectivity index (χ2n) is 7.64. The summed E-state index contributed by atoms with van der Waals surface area (Å²) in [5.41, 5.74) is 4.37. The number of pyridine rings is 1. The molecule has 0 saturated carbocycles. The molecule has 1 aliphatic rings. The molecule has 6 heteroatoms. The summed E-state index contributed by atoms with van der Waals surface area (Å²) in [7, 11) is 0. The molecule has 6 nitrogen and oxygen atoms in total. The van der Waals surface area contributed by atoms with Gasteiger partial charge in [0.25, 0.3) is 0 Å². The number of amides is 1. The molecule has 2 aromatic carbocycles. The number of para-hydroxylation sites is 2. The molecule has 0 saturated heterocycles. The van der Waals surface area contributed by atoms with Gasteiger partial charge >= 0.3 is 0 Å². The molecule has 4 rings (SSSR count). The Labute approximate surface area is 182 Å². The van der Waals surface area contributed by atoms with Crippen LogP contribution in [0.15, 0.2) is 67.0 Å². The topological polar surface area (TPSA) is 69.7 Å². The summed E-state index contributed by atoms with van der Waals surface area (Å²) < 4.78 is 17.2. The normalized spacial score (nSPS) is 15.9. The predicted octanol–water partition coefficient (Wildman–Crippen LogP) is 3.76. The molecule has 1 aliphatic heterocycles. The van der Waals surface area contributed by atoms with Crippen LogP contribution in [0.1, 0.15) is 28.3 Å². The van der Waals surface area contributed by atoms with Crippen molar-refractivity contribution in [3.8, 4) is 11.5 Å². The summed E-state index contributed by atoms with van der Waals surface area (Å²) in [6, 6.07) is 17.3. The fourth-order valence-corrected chi connectivity index (χ4v) is 3.49. The molecule has 3 aromatic rings. The third-order valence-corrected chi connectivity index (χ3v) is 5.31. The van der Waals surface area contributed by atoms with E-state index in [-0.39, 0.29) is 31.3 Å². The predicted molar refractivity (Wildman–Crippen MR) is 117 cm³/mol. The summed E-state index contributed by atoms with van der Waals surface area (Å²) in [5, 5.41) is 3.09. The number of rotatable bonds is 7. The molecule has 0 spiro atoms. The molecule has 1 aromatic heterocycles. The molecule has 2 unspecified atom stereocenters. The van der Waals surface area contributed by atoms with E-state index in [9.17, 15) is 4.79 Å². The number of hydrogen-bond acceptors (Lipinski definition) is 5. The summed E-state index contributed by atoms with van der Waals surface area (Å²) in [6.07, 6.45) is 3.20. The second kappa shape index (κ2) is 9.62. The molecular formula is C25H26N2O4. The Morgan fingerprint density at radius 2 is 1.84 bits per heavy atom. The lowest BCUT2D eigenvalue weighted by atomic mass is 9.96. The maximum atomic E-state index is 12.7. The number of aromatic nitrogens is 1. The monoisotopic (exact) mass is 418 g/mol. The quantitative estimate of drug-likeness (QED) is 0.633. The Balaban J connectivity index is 1.36. The fourth-order valence-electron chi connectivity index (χ4n) is 3.49. The van der Waals surface area contributed by atoms with Crippen LogP contribution in [0.5, 0.6) is 11.5 Å². The van der Waals surface area contributed by atoms with Crippen molar-refractivity contribution < 1.29 is 19.0 Å². The lowest BCUT2D eigenvalue weighted by Crippen LogP contribution is -2.36. The van der Waals surface area contributed by atoms with Gasteiger partial charge in [0, 0.05) is 12.4 Å². The molecule has 160 valence electrons. The minimum Gasteiger partial charge on any atom is -0.486 e. The van der Waals surface area contributed by atoms with Gasteiger partial charge in [0.15, 0.2) is 17.6 Å². The number of fused-ring (bicyclic) bond motifs is 1. The molecule has 0 bridgehead atoms. The first-order valence-electron chi connectivity index (χ1n) is 10.3. The molecule has 31 heavy (non-hydrogen) atoms. The zero-order chi connectivity index (χ0) is 21.6. The van der Waals surface area contributed by atoms with E-state index in [0.717, 1.165) is 16.9 Å². The standard InChI is InChI=1S/C25H26N2O4/c1-17-7-8-20(13-18(17)2)25(19-9-11-26-12-10-19)27-24(28)16-29-14-21-15-30-22-5-3-4-6-23(22)31-21/h3-13,21,25H,14-16H2,1-2H3,(H,27,28). The SMILES string of the molecule is Cc1ccc(C(NC(=O)COCC2COc3ccccc3O2)c2ccncc2)cc1C. The highest BCUT2D eigenvalue weighted by molar-refractivity contribution is 5.78. The van der Waals surface area contributed by atoms with Crippen LogP contribution >= 0.6 is 0 Å². The average Bonchev–Trinajstić information content (AvgIpc) is 2.80. The van der Waals surface area contributed by atoms with E-state index in [1.807, 2.05) is 42.5 Å². The van der Waals surface area contributed by atoms with Crippen LogP contribution in [0.2, 0.25) is 0 Å². The van der Waals surface area contributed by atoms with Crippen molar-refractivity contribution in [2.24, 2.45) is 0 Å². The highest BCUT2D eigenvalue weighted by Crippen LogP contribution is 2.30. The number of aryl methyl sites for hydroxylation is 2. The molecule has 0 aliphatic carbocycles. The lowest BCUT2D eigenvalue weighted by molar-refractivity contribution is -0.127. The molecular weight excluding hydrogens is 392 g/mol.